The molecule has 0 aliphatic heterocycles. The molecule has 0 unspecified atom stereocenters. The Balaban J connectivity index is 1.68. The van der Waals surface area contributed by atoms with Gasteiger partial charge in [0.15, 0.2) is 0 Å². The fourth-order valence-electron chi connectivity index (χ4n) is 4.10. The zero-order valence-corrected chi connectivity index (χ0v) is 19.1. The quantitative estimate of drug-likeness (QED) is 0.459. The fraction of sp³-hybridized carbons (Fsp3) is 0.440. The van der Waals surface area contributed by atoms with Gasteiger partial charge >= 0.3 is 6.18 Å². The lowest BCUT2D eigenvalue weighted by molar-refractivity contribution is -0.161. The number of amides is 1. The normalized spacial score (nSPS) is 16.9. The van der Waals surface area contributed by atoms with Gasteiger partial charge < -0.3 is 14.5 Å². The molecule has 3 aromatic rings. The van der Waals surface area contributed by atoms with Crippen molar-refractivity contribution in [3.8, 4) is 11.8 Å². The summed E-state index contributed by atoms with van der Waals surface area (Å²) in [5, 5.41) is 15.8. The molecule has 2 atom stereocenters. The molecule has 2 aromatic carbocycles. The highest BCUT2D eigenvalue weighted by atomic mass is 19.4. The highest BCUT2D eigenvalue weighted by Gasteiger charge is 2.47. The van der Waals surface area contributed by atoms with Crippen molar-refractivity contribution in [2.45, 2.75) is 56.9 Å². The van der Waals surface area contributed by atoms with Crippen LogP contribution in [0, 0.1) is 17.2 Å². The first kappa shape index (κ1) is 23.9. The molecule has 1 saturated carbocycles. The summed E-state index contributed by atoms with van der Waals surface area (Å²) in [4.78, 5) is 12.9. The number of carbonyl (C=O) groups excluding carboxylic acids is 1. The summed E-state index contributed by atoms with van der Waals surface area (Å²) in [6, 6.07) is 8.37. The van der Waals surface area contributed by atoms with E-state index in [2.05, 4.69) is 10.6 Å². The number of alkyl halides is 3. The van der Waals surface area contributed by atoms with Crippen LogP contribution in [-0.2, 0) is 4.79 Å². The molecule has 4 rings (SSSR count). The number of methoxy groups -OCH3 is 1. The second-order valence-electron chi connectivity index (χ2n) is 9.23. The smallest absolute Gasteiger partial charge is 0.407 e. The van der Waals surface area contributed by atoms with E-state index in [0.29, 0.717) is 35.1 Å². The average molecular weight is 473 g/mol. The number of nitriles is 1. The summed E-state index contributed by atoms with van der Waals surface area (Å²) in [6.07, 6.45) is -3.47. The summed E-state index contributed by atoms with van der Waals surface area (Å²) in [6.45, 7) is 3.66. The van der Waals surface area contributed by atoms with Crippen LogP contribution < -0.4 is 15.4 Å². The highest BCUT2D eigenvalue weighted by Crippen LogP contribution is 2.38. The van der Waals surface area contributed by atoms with Crippen LogP contribution in [0.5, 0.6) is 5.75 Å². The van der Waals surface area contributed by atoms with Gasteiger partial charge in [0.25, 0.3) is 0 Å². The van der Waals surface area contributed by atoms with Crippen molar-refractivity contribution in [3.63, 3.8) is 0 Å². The largest absolute Gasteiger partial charge is 0.497 e. The van der Waals surface area contributed by atoms with Crippen molar-refractivity contribution >= 4 is 27.8 Å². The maximum atomic E-state index is 14.2. The summed E-state index contributed by atoms with van der Waals surface area (Å²) < 4.78 is 53.6. The molecule has 6 nitrogen and oxygen atoms in total. The van der Waals surface area contributed by atoms with Crippen molar-refractivity contribution < 1.29 is 27.1 Å². The number of fused-ring (bicyclic) bond motifs is 3. The molecule has 1 fully saturated rings. The molecule has 0 bridgehead atoms. The Labute approximate surface area is 195 Å². The van der Waals surface area contributed by atoms with Crippen LogP contribution in [0.4, 0.5) is 13.2 Å². The lowest BCUT2D eigenvalue weighted by Crippen LogP contribution is -2.52. The van der Waals surface area contributed by atoms with Gasteiger partial charge in [-0.2, -0.15) is 18.4 Å². The Morgan fingerprint density at radius 1 is 1.18 bits per heavy atom. The van der Waals surface area contributed by atoms with Crippen molar-refractivity contribution in [1.82, 2.24) is 10.6 Å². The maximum Gasteiger partial charge on any atom is 0.407 e. The number of benzene rings is 2. The minimum absolute atomic E-state index is 0.0396. The standard InChI is InChI=1S/C25H26F3N3O3/c1-14(2)10-19(23(32)31-24(13-29)8-9-24)30-22(25(26,27)28)15-4-6-17-18-12-16(33-3)5-7-20(18)34-21(17)11-15/h4-7,11-12,14,19,22,30H,8-10H2,1-3H3,(H,31,32)/t19-,22+/m0/s1. The number of hydrogen-bond donors (Lipinski definition) is 2. The first-order valence-corrected chi connectivity index (χ1v) is 11.1. The Morgan fingerprint density at radius 2 is 1.91 bits per heavy atom. The topological polar surface area (TPSA) is 87.3 Å². The molecule has 0 spiro atoms. The number of nitrogens with zero attached hydrogens (tertiary/aromatic N) is 1. The SMILES string of the molecule is COc1ccc2oc3cc([C@@H](N[C@@H](CC(C)C)C(=O)NC4(C#N)CC4)C(F)(F)F)ccc3c2c1. The lowest BCUT2D eigenvalue weighted by Gasteiger charge is -2.29. The molecule has 180 valence electrons. The number of hydrogen-bond acceptors (Lipinski definition) is 5. The molecule has 1 aliphatic carbocycles. The molecular weight excluding hydrogens is 447 g/mol. The van der Waals surface area contributed by atoms with E-state index < -0.39 is 29.7 Å². The number of ether oxygens (including phenoxy) is 1. The predicted molar refractivity (Wildman–Crippen MR) is 121 cm³/mol. The van der Waals surface area contributed by atoms with Crippen molar-refractivity contribution in [1.29, 1.82) is 5.26 Å². The van der Waals surface area contributed by atoms with E-state index in [4.69, 9.17) is 9.15 Å². The summed E-state index contributed by atoms with van der Waals surface area (Å²) in [5.41, 5.74) is -0.180. The van der Waals surface area contributed by atoms with Gasteiger partial charge in [-0.25, -0.2) is 0 Å². The van der Waals surface area contributed by atoms with Gasteiger partial charge in [0, 0.05) is 10.8 Å². The van der Waals surface area contributed by atoms with Crippen LogP contribution in [0.15, 0.2) is 40.8 Å². The van der Waals surface area contributed by atoms with Gasteiger partial charge in [0.1, 0.15) is 28.5 Å². The zero-order valence-electron chi connectivity index (χ0n) is 19.1. The highest BCUT2D eigenvalue weighted by molar-refractivity contribution is 6.05. The average Bonchev–Trinajstić information content (AvgIpc) is 3.46. The molecule has 0 radical (unpaired) electrons. The molecule has 34 heavy (non-hydrogen) atoms. The summed E-state index contributed by atoms with van der Waals surface area (Å²) in [7, 11) is 1.53. The maximum absolute atomic E-state index is 14.2. The van der Waals surface area contributed by atoms with Crippen LogP contribution in [0.25, 0.3) is 21.9 Å². The van der Waals surface area contributed by atoms with Crippen LogP contribution in [0.2, 0.25) is 0 Å². The molecule has 1 heterocycles. The first-order valence-electron chi connectivity index (χ1n) is 11.1. The van der Waals surface area contributed by atoms with E-state index in [9.17, 15) is 23.2 Å². The zero-order chi connectivity index (χ0) is 24.7. The van der Waals surface area contributed by atoms with Crippen molar-refractivity contribution in [3.05, 3.63) is 42.0 Å². The van der Waals surface area contributed by atoms with Gasteiger partial charge in [-0.1, -0.05) is 26.0 Å². The molecule has 2 N–H and O–H groups in total. The first-order chi connectivity index (χ1) is 16.0. The van der Waals surface area contributed by atoms with Crippen molar-refractivity contribution in [2.24, 2.45) is 5.92 Å². The third kappa shape index (κ3) is 4.82. The van der Waals surface area contributed by atoms with Crippen LogP contribution in [0.3, 0.4) is 0 Å². The fourth-order valence-corrected chi connectivity index (χ4v) is 4.10. The third-order valence-electron chi connectivity index (χ3n) is 6.08. The summed E-state index contributed by atoms with van der Waals surface area (Å²) in [5.74, 6) is -0.0245. The van der Waals surface area contributed by atoms with Crippen LogP contribution >= 0.6 is 0 Å². The van der Waals surface area contributed by atoms with Gasteiger partial charge in [-0.15, -0.1) is 0 Å². The van der Waals surface area contributed by atoms with Crippen LogP contribution in [-0.4, -0.2) is 30.8 Å². The minimum Gasteiger partial charge on any atom is -0.497 e. The van der Waals surface area contributed by atoms with Crippen LogP contribution in [0.1, 0.15) is 44.7 Å². The Morgan fingerprint density at radius 3 is 2.50 bits per heavy atom. The molecule has 9 heteroatoms. The molecule has 0 saturated heterocycles. The number of nitrogens with one attached hydrogen (secondary N) is 2. The second-order valence-corrected chi connectivity index (χ2v) is 9.23. The minimum atomic E-state index is -4.66. The second kappa shape index (κ2) is 8.84. The third-order valence-corrected chi connectivity index (χ3v) is 6.08. The van der Waals surface area contributed by atoms with Gasteiger partial charge in [-0.3, -0.25) is 10.1 Å². The molecule has 1 amide bonds. The van der Waals surface area contributed by atoms with Crippen molar-refractivity contribution in [2.75, 3.05) is 7.11 Å². The molecule has 1 aliphatic rings. The molecular formula is C25H26F3N3O3. The Kier molecular flexibility index (Phi) is 6.21. The summed E-state index contributed by atoms with van der Waals surface area (Å²) >= 11 is 0. The van der Waals surface area contributed by atoms with E-state index >= 15 is 0 Å². The Hall–Kier alpha value is -3.25. The van der Waals surface area contributed by atoms with Gasteiger partial charge in [0.05, 0.1) is 19.2 Å². The number of rotatable bonds is 8. The lowest BCUT2D eigenvalue weighted by atomic mass is 9.98. The monoisotopic (exact) mass is 473 g/mol. The number of carbonyl (C=O) groups is 1. The Bertz CT molecular complexity index is 1260. The van der Waals surface area contributed by atoms with Gasteiger partial charge in [-0.05, 0) is 55.0 Å². The van der Waals surface area contributed by atoms with E-state index in [1.165, 1.54) is 19.2 Å². The molecule has 1 aromatic heterocycles. The van der Waals surface area contributed by atoms with E-state index in [1.807, 2.05) is 19.9 Å². The predicted octanol–water partition coefficient (Wildman–Crippen LogP) is 5.37. The van der Waals surface area contributed by atoms with E-state index in [-0.39, 0.29) is 17.9 Å². The number of halogens is 3. The van der Waals surface area contributed by atoms with E-state index in [0.717, 1.165) is 5.39 Å². The number of furan rings is 1. The van der Waals surface area contributed by atoms with Gasteiger partial charge in [0.2, 0.25) is 5.91 Å². The van der Waals surface area contributed by atoms with E-state index in [1.54, 1.807) is 24.3 Å².